The van der Waals surface area contributed by atoms with Gasteiger partial charge < -0.3 is 24.8 Å². The van der Waals surface area contributed by atoms with Crippen LogP contribution in [-0.4, -0.2) is 40.1 Å². The van der Waals surface area contributed by atoms with E-state index < -0.39 is 18.0 Å². The van der Waals surface area contributed by atoms with E-state index in [1.165, 1.54) is 14.0 Å². The van der Waals surface area contributed by atoms with Gasteiger partial charge in [-0.2, -0.15) is 0 Å². The van der Waals surface area contributed by atoms with E-state index in [9.17, 15) is 20.1 Å². The van der Waals surface area contributed by atoms with Crippen LogP contribution in [0.5, 0.6) is 5.75 Å². The third-order valence-corrected chi connectivity index (χ3v) is 4.20. The molecule has 0 saturated heterocycles. The molecule has 3 N–H and O–H groups in total. The largest absolute Gasteiger partial charge is 0.507 e. The first-order valence-electron chi connectivity index (χ1n) is 6.83. The number of aromatic hydroxyl groups is 1. The van der Waals surface area contributed by atoms with E-state index in [-0.39, 0.29) is 42.1 Å². The molecule has 1 aliphatic carbocycles. The second kappa shape index (κ2) is 4.78. The molecule has 2 aliphatic rings. The van der Waals surface area contributed by atoms with Crippen LogP contribution in [0, 0.1) is 0 Å². The van der Waals surface area contributed by atoms with E-state index in [2.05, 4.69) is 0 Å². The van der Waals surface area contributed by atoms with Crippen molar-refractivity contribution in [3.05, 3.63) is 28.3 Å². The molecule has 0 radical (unpaired) electrons. The Morgan fingerprint density at radius 1 is 1.48 bits per heavy atom. The van der Waals surface area contributed by atoms with Gasteiger partial charge in [-0.1, -0.05) is 0 Å². The summed E-state index contributed by atoms with van der Waals surface area (Å²) in [6, 6.07) is 1.62. The summed E-state index contributed by atoms with van der Waals surface area (Å²) in [5, 5.41) is 30.5. The molecule has 1 heterocycles. The van der Waals surface area contributed by atoms with Crippen LogP contribution in [0.4, 0.5) is 0 Å². The highest BCUT2D eigenvalue weighted by Gasteiger charge is 2.39. The summed E-state index contributed by atoms with van der Waals surface area (Å²) in [7, 11) is 1.41. The Morgan fingerprint density at radius 2 is 2.19 bits per heavy atom. The Labute approximate surface area is 121 Å². The van der Waals surface area contributed by atoms with Crippen LogP contribution in [0.3, 0.4) is 0 Å². The normalized spacial score (nSPS) is 31.7. The predicted octanol–water partition coefficient (Wildman–Crippen LogP) is 0.808. The number of fused-ring (bicyclic) bond motifs is 2. The Morgan fingerprint density at radius 3 is 2.86 bits per heavy atom. The zero-order valence-corrected chi connectivity index (χ0v) is 11.9. The van der Waals surface area contributed by atoms with Gasteiger partial charge in [-0.15, -0.1) is 0 Å². The molecular weight excluding hydrogens is 276 g/mol. The van der Waals surface area contributed by atoms with E-state index in [1.54, 1.807) is 6.07 Å². The number of phenols is 1. The van der Waals surface area contributed by atoms with Gasteiger partial charge in [0.05, 0.1) is 12.7 Å². The van der Waals surface area contributed by atoms with Crippen LogP contribution in [0.15, 0.2) is 6.07 Å². The third kappa shape index (κ3) is 2.24. The molecule has 0 spiro atoms. The Bertz CT molecular complexity index is 607. The molecule has 0 fully saturated rings. The van der Waals surface area contributed by atoms with Crippen molar-refractivity contribution < 1.29 is 29.6 Å². The molecule has 0 saturated carbocycles. The number of ketones is 1. The number of hydrogen-bond donors (Lipinski definition) is 3. The van der Waals surface area contributed by atoms with Gasteiger partial charge in [0.2, 0.25) is 0 Å². The van der Waals surface area contributed by atoms with Crippen LogP contribution in [0.1, 0.15) is 46.5 Å². The lowest BCUT2D eigenvalue weighted by Gasteiger charge is -2.34. The smallest absolute Gasteiger partial charge is 0.192 e. The standard InChI is InChI=1S/C15H18O6/c1-15(19)5-7-3-8-12(14(18)9(7)6-21-15)10(16)4-11(20-2)13(8)17/h3,10-11,16,18-19H,4-6H2,1-2H3/t10?,11-,15?/m1/s1. The van der Waals surface area contributed by atoms with E-state index in [0.717, 1.165) is 0 Å². The minimum Gasteiger partial charge on any atom is -0.507 e. The molecular formula is C15H18O6. The van der Waals surface area contributed by atoms with Crippen molar-refractivity contribution in [3.8, 4) is 5.75 Å². The highest BCUT2D eigenvalue weighted by atomic mass is 16.6. The predicted molar refractivity (Wildman–Crippen MR) is 71.9 cm³/mol. The van der Waals surface area contributed by atoms with Gasteiger partial charge in [0.1, 0.15) is 11.9 Å². The number of methoxy groups -OCH3 is 1. The van der Waals surface area contributed by atoms with Crippen molar-refractivity contribution >= 4 is 5.78 Å². The van der Waals surface area contributed by atoms with Gasteiger partial charge in [-0.05, 0) is 18.6 Å². The van der Waals surface area contributed by atoms with Crippen LogP contribution in [0.2, 0.25) is 0 Å². The molecule has 1 aromatic carbocycles. The zero-order chi connectivity index (χ0) is 15.4. The Kier molecular flexibility index (Phi) is 3.29. The number of Topliss-reactive ketones (excluding diaryl/α,β-unsaturated/α-hetero) is 1. The average molecular weight is 294 g/mol. The fraction of sp³-hybridized carbons (Fsp3) is 0.533. The second-order valence-electron chi connectivity index (χ2n) is 5.80. The number of aliphatic hydroxyl groups is 2. The molecule has 1 aromatic rings. The van der Waals surface area contributed by atoms with Gasteiger partial charge in [-0.3, -0.25) is 4.79 Å². The topological polar surface area (TPSA) is 96.2 Å². The molecule has 0 aromatic heterocycles. The fourth-order valence-electron chi connectivity index (χ4n) is 3.08. The number of carbonyl (C=O) groups is 1. The highest BCUT2D eigenvalue weighted by molar-refractivity contribution is 6.03. The van der Waals surface area contributed by atoms with E-state index >= 15 is 0 Å². The fourth-order valence-corrected chi connectivity index (χ4v) is 3.08. The number of aliphatic hydroxyl groups excluding tert-OH is 1. The van der Waals surface area contributed by atoms with Crippen molar-refractivity contribution in [1.82, 2.24) is 0 Å². The van der Waals surface area contributed by atoms with Crippen molar-refractivity contribution in [2.75, 3.05) is 7.11 Å². The number of ether oxygens (including phenoxy) is 2. The maximum atomic E-state index is 12.4. The first-order valence-corrected chi connectivity index (χ1v) is 6.83. The maximum Gasteiger partial charge on any atom is 0.192 e. The Balaban J connectivity index is 2.16. The summed E-state index contributed by atoms with van der Waals surface area (Å²) in [4.78, 5) is 12.4. The molecule has 6 nitrogen and oxygen atoms in total. The second-order valence-corrected chi connectivity index (χ2v) is 5.80. The van der Waals surface area contributed by atoms with Crippen LogP contribution >= 0.6 is 0 Å². The monoisotopic (exact) mass is 294 g/mol. The number of rotatable bonds is 1. The molecule has 2 unspecified atom stereocenters. The number of hydrogen-bond acceptors (Lipinski definition) is 6. The van der Waals surface area contributed by atoms with Gasteiger partial charge >= 0.3 is 0 Å². The molecule has 3 rings (SSSR count). The van der Waals surface area contributed by atoms with Crippen LogP contribution in [-0.2, 0) is 22.5 Å². The molecule has 0 bridgehead atoms. The number of carbonyl (C=O) groups excluding carboxylic acids is 1. The lowest BCUT2D eigenvalue weighted by Crippen LogP contribution is -2.37. The highest BCUT2D eigenvalue weighted by Crippen LogP contribution is 2.43. The van der Waals surface area contributed by atoms with Gasteiger partial charge in [0, 0.05) is 36.6 Å². The minimum atomic E-state index is -1.33. The maximum absolute atomic E-state index is 12.4. The number of benzene rings is 1. The SMILES string of the molecule is CO[C@@H]1CC(O)c2c(cc3c(c2O)COC(C)(O)C3)C1=O. The third-order valence-electron chi connectivity index (χ3n) is 4.20. The quantitative estimate of drug-likeness (QED) is 0.709. The van der Waals surface area contributed by atoms with E-state index in [4.69, 9.17) is 9.47 Å². The molecule has 114 valence electrons. The van der Waals surface area contributed by atoms with Gasteiger partial charge in [0.15, 0.2) is 11.6 Å². The Hall–Kier alpha value is -1.47. The summed E-state index contributed by atoms with van der Waals surface area (Å²) in [6.07, 6.45) is -1.39. The molecule has 1 aliphatic heterocycles. The lowest BCUT2D eigenvalue weighted by atomic mass is 9.81. The lowest BCUT2D eigenvalue weighted by molar-refractivity contribution is -0.204. The summed E-state index contributed by atoms with van der Waals surface area (Å²) in [5.41, 5.74) is 1.66. The van der Waals surface area contributed by atoms with Crippen LogP contribution in [0.25, 0.3) is 0 Å². The van der Waals surface area contributed by atoms with E-state index in [0.29, 0.717) is 11.1 Å². The first kappa shape index (κ1) is 14.5. The van der Waals surface area contributed by atoms with Crippen molar-refractivity contribution in [2.24, 2.45) is 0 Å². The summed E-state index contributed by atoms with van der Waals surface area (Å²) >= 11 is 0. The average Bonchev–Trinajstić information content (AvgIpc) is 2.41. The van der Waals surface area contributed by atoms with Gasteiger partial charge in [0.25, 0.3) is 0 Å². The molecule has 0 amide bonds. The number of phenolic OH excluding ortho intramolecular Hbond substituents is 1. The summed E-state index contributed by atoms with van der Waals surface area (Å²) < 4.78 is 10.4. The molecule has 3 atom stereocenters. The molecule has 21 heavy (non-hydrogen) atoms. The summed E-state index contributed by atoms with van der Waals surface area (Å²) in [6.45, 7) is 1.57. The van der Waals surface area contributed by atoms with Crippen molar-refractivity contribution in [3.63, 3.8) is 0 Å². The minimum absolute atomic E-state index is 0.0378. The molecule has 6 heteroatoms. The van der Waals surface area contributed by atoms with Crippen molar-refractivity contribution in [1.29, 1.82) is 0 Å². The van der Waals surface area contributed by atoms with Gasteiger partial charge in [-0.25, -0.2) is 0 Å². The van der Waals surface area contributed by atoms with Crippen LogP contribution < -0.4 is 0 Å². The zero-order valence-electron chi connectivity index (χ0n) is 11.9. The summed E-state index contributed by atoms with van der Waals surface area (Å²) in [5.74, 6) is -1.71. The first-order chi connectivity index (χ1) is 9.84. The van der Waals surface area contributed by atoms with Crippen molar-refractivity contribution in [2.45, 2.75) is 44.4 Å². The van der Waals surface area contributed by atoms with E-state index in [1.807, 2.05) is 0 Å².